The first-order valence-electron chi connectivity index (χ1n) is 3.12. The van der Waals surface area contributed by atoms with Gasteiger partial charge in [0.1, 0.15) is 5.82 Å². The van der Waals surface area contributed by atoms with Crippen LogP contribution in [0.15, 0.2) is 0 Å². The number of nitrogens with two attached hydrogens (primary N) is 1. The molecule has 0 spiro atoms. The van der Waals surface area contributed by atoms with Crippen molar-refractivity contribution in [1.29, 1.82) is 0 Å². The number of hydrogen-bond donors (Lipinski definition) is 2. The maximum atomic E-state index is 5.62. The average Bonchev–Trinajstić information content (AvgIpc) is 1.97. The van der Waals surface area contributed by atoms with E-state index in [2.05, 4.69) is 15.3 Å². The van der Waals surface area contributed by atoms with Gasteiger partial charge in [-0.2, -0.15) is 0 Å². The maximum Gasteiger partial charge on any atom is 0.171 e. The Hall–Kier alpha value is -1.03. The lowest BCUT2D eigenvalue weighted by Crippen LogP contribution is -2.02. The Morgan fingerprint density at radius 2 is 2.09 bits per heavy atom. The highest BCUT2D eigenvalue weighted by Gasteiger charge is 2.03. The average molecular weight is 173 g/mol. The minimum Gasteiger partial charge on any atom is -0.381 e. The highest BCUT2D eigenvalue weighted by molar-refractivity contribution is 6.31. The number of anilines is 2. The van der Waals surface area contributed by atoms with Crippen LogP contribution in [0.5, 0.6) is 0 Å². The van der Waals surface area contributed by atoms with Crippen molar-refractivity contribution < 1.29 is 0 Å². The molecule has 0 aliphatic rings. The Kier molecular flexibility index (Phi) is 2.14. The van der Waals surface area contributed by atoms with E-state index in [1.807, 2.05) is 6.92 Å². The molecule has 4 nitrogen and oxygen atoms in total. The lowest BCUT2D eigenvalue weighted by molar-refractivity contribution is 1.12. The molecule has 5 heteroatoms. The van der Waals surface area contributed by atoms with Crippen LogP contribution in [0, 0.1) is 6.92 Å². The van der Waals surface area contributed by atoms with E-state index in [4.69, 9.17) is 17.3 Å². The Balaban J connectivity index is 3.21. The molecule has 0 aliphatic heterocycles. The van der Waals surface area contributed by atoms with Crippen LogP contribution in [0.1, 0.15) is 5.69 Å². The van der Waals surface area contributed by atoms with Crippen molar-refractivity contribution in [3.63, 3.8) is 0 Å². The van der Waals surface area contributed by atoms with Gasteiger partial charge < -0.3 is 11.1 Å². The molecule has 0 amide bonds. The van der Waals surface area contributed by atoms with Gasteiger partial charge in [0.05, 0.1) is 5.69 Å². The molecule has 0 aliphatic carbocycles. The molecule has 1 rings (SSSR count). The number of nitrogen functional groups attached to an aromatic ring is 1. The van der Waals surface area contributed by atoms with Crippen LogP contribution in [0.2, 0.25) is 5.15 Å². The number of hydrogen-bond acceptors (Lipinski definition) is 4. The molecule has 0 saturated carbocycles. The summed E-state index contributed by atoms with van der Waals surface area (Å²) in [6, 6.07) is 0. The highest BCUT2D eigenvalue weighted by atomic mass is 35.5. The van der Waals surface area contributed by atoms with Crippen molar-refractivity contribution in [3.8, 4) is 0 Å². The second kappa shape index (κ2) is 2.92. The summed E-state index contributed by atoms with van der Waals surface area (Å²) in [7, 11) is 1.75. The topological polar surface area (TPSA) is 63.8 Å². The fourth-order valence-corrected chi connectivity index (χ4v) is 0.911. The summed E-state index contributed by atoms with van der Waals surface area (Å²) in [5, 5.41) is 3.10. The second-order valence-electron chi connectivity index (χ2n) is 2.08. The smallest absolute Gasteiger partial charge is 0.171 e. The SMILES string of the molecule is CNc1nc(N)c(Cl)nc1C. The number of rotatable bonds is 1. The normalized spacial score (nSPS) is 9.73. The number of nitrogens with one attached hydrogen (secondary N) is 1. The molecule has 60 valence electrons. The monoisotopic (exact) mass is 172 g/mol. The van der Waals surface area contributed by atoms with Crippen molar-refractivity contribution in [2.24, 2.45) is 0 Å². The number of nitrogens with zero attached hydrogens (tertiary/aromatic N) is 2. The molecule has 0 atom stereocenters. The fraction of sp³-hybridized carbons (Fsp3) is 0.333. The first kappa shape index (κ1) is 8.07. The van der Waals surface area contributed by atoms with Gasteiger partial charge in [-0.25, -0.2) is 9.97 Å². The van der Waals surface area contributed by atoms with Gasteiger partial charge in [-0.3, -0.25) is 0 Å². The zero-order valence-electron chi connectivity index (χ0n) is 6.35. The van der Waals surface area contributed by atoms with Gasteiger partial charge in [0.25, 0.3) is 0 Å². The molecular weight excluding hydrogens is 164 g/mol. The lowest BCUT2D eigenvalue weighted by Gasteiger charge is -2.04. The molecule has 11 heavy (non-hydrogen) atoms. The minimum atomic E-state index is 0.251. The van der Waals surface area contributed by atoms with E-state index in [-0.39, 0.29) is 11.0 Å². The summed E-state index contributed by atoms with van der Waals surface area (Å²) in [5.74, 6) is 0.911. The van der Waals surface area contributed by atoms with E-state index in [1.54, 1.807) is 7.05 Å². The molecule has 0 aromatic carbocycles. The Bertz CT molecular complexity index is 274. The van der Waals surface area contributed by atoms with Gasteiger partial charge in [-0.05, 0) is 6.92 Å². The molecule has 0 fully saturated rings. The summed E-state index contributed by atoms with van der Waals surface area (Å²) in [6.45, 7) is 1.81. The summed E-state index contributed by atoms with van der Waals surface area (Å²) < 4.78 is 0. The largest absolute Gasteiger partial charge is 0.381 e. The van der Waals surface area contributed by atoms with Crippen LogP contribution in [-0.2, 0) is 0 Å². The van der Waals surface area contributed by atoms with Crippen LogP contribution in [0.4, 0.5) is 11.6 Å². The standard InChI is InChI=1S/C6H9ClN4/c1-3-6(9-2)11-5(8)4(7)10-3/h1-2H3,(H3,8,9,11). The summed E-state index contributed by atoms with van der Waals surface area (Å²) in [5.41, 5.74) is 6.16. The van der Waals surface area contributed by atoms with E-state index in [1.165, 1.54) is 0 Å². The quantitative estimate of drug-likeness (QED) is 0.665. The van der Waals surface area contributed by atoms with Crippen LogP contribution in [0.25, 0.3) is 0 Å². The van der Waals surface area contributed by atoms with Crippen LogP contribution >= 0.6 is 11.6 Å². The van der Waals surface area contributed by atoms with Gasteiger partial charge in [0.2, 0.25) is 0 Å². The molecule has 1 aromatic rings. The Labute approximate surface area is 69.8 Å². The Morgan fingerprint density at radius 1 is 1.45 bits per heavy atom. The van der Waals surface area contributed by atoms with Crippen molar-refractivity contribution in [2.45, 2.75) is 6.92 Å². The fourth-order valence-electron chi connectivity index (χ4n) is 0.742. The Morgan fingerprint density at radius 3 is 2.64 bits per heavy atom. The van der Waals surface area contributed by atoms with E-state index < -0.39 is 0 Å². The van der Waals surface area contributed by atoms with E-state index in [0.29, 0.717) is 5.82 Å². The zero-order chi connectivity index (χ0) is 8.43. The van der Waals surface area contributed by atoms with E-state index in [9.17, 15) is 0 Å². The molecule has 0 unspecified atom stereocenters. The van der Waals surface area contributed by atoms with E-state index in [0.717, 1.165) is 5.69 Å². The number of halogens is 1. The zero-order valence-corrected chi connectivity index (χ0v) is 7.11. The molecule has 0 radical (unpaired) electrons. The molecule has 3 N–H and O–H groups in total. The van der Waals surface area contributed by atoms with Gasteiger partial charge in [0.15, 0.2) is 11.0 Å². The summed E-state index contributed by atoms with van der Waals surface area (Å²) in [4.78, 5) is 7.92. The molecule has 1 aromatic heterocycles. The van der Waals surface area contributed by atoms with Gasteiger partial charge in [-0.1, -0.05) is 11.6 Å². The predicted molar refractivity (Wildman–Crippen MR) is 45.7 cm³/mol. The molecular formula is C6H9ClN4. The third-order valence-corrected chi connectivity index (χ3v) is 1.57. The van der Waals surface area contributed by atoms with Gasteiger partial charge >= 0.3 is 0 Å². The lowest BCUT2D eigenvalue weighted by atomic mass is 10.4. The third-order valence-electron chi connectivity index (χ3n) is 1.29. The summed E-state index contributed by atoms with van der Waals surface area (Å²) in [6.07, 6.45) is 0. The molecule has 1 heterocycles. The van der Waals surface area contributed by atoms with Crippen molar-refractivity contribution in [2.75, 3.05) is 18.1 Å². The maximum absolute atomic E-state index is 5.62. The molecule has 0 saturated heterocycles. The van der Waals surface area contributed by atoms with E-state index >= 15 is 0 Å². The highest BCUT2D eigenvalue weighted by Crippen LogP contribution is 2.17. The minimum absolute atomic E-state index is 0.251. The van der Waals surface area contributed by atoms with Crippen LogP contribution < -0.4 is 11.1 Å². The number of aryl methyl sites for hydroxylation is 1. The van der Waals surface area contributed by atoms with Crippen LogP contribution in [0.3, 0.4) is 0 Å². The van der Waals surface area contributed by atoms with Crippen molar-refractivity contribution >= 4 is 23.2 Å². The van der Waals surface area contributed by atoms with Crippen molar-refractivity contribution in [3.05, 3.63) is 10.8 Å². The first-order chi connectivity index (χ1) is 5.15. The number of aromatic nitrogens is 2. The van der Waals surface area contributed by atoms with Gasteiger partial charge in [0, 0.05) is 7.05 Å². The second-order valence-corrected chi connectivity index (χ2v) is 2.44. The van der Waals surface area contributed by atoms with Gasteiger partial charge in [-0.15, -0.1) is 0 Å². The molecule has 0 bridgehead atoms. The van der Waals surface area contributed by atoms with Crippen LogP contribution in [-0.4, -0.2) is 17.0 Å². The third kappa shape index (κ3) is 1.51. The summed E-state index contributed by atoms with van der Waals surface area (Å²) >= 11 is 5.62. The van der Waals surface area contributed by atoms with Crippen molar-refractivity contribution in [1.82, 2.24) is 9.97 Å². The predicted octanol–water partition coefficient (Wildman–Crippen LogP) is 1.06. The first-order valence-corrected chi connectivity index (χ1v) is 3.50.